The summed E-state index contributed by atoms with van der Waals surface area (Å²) < 4.78 is 0. The largest absolute Gasteiger partial charge is 0.343 e. The number of hydrogen-bond donors (Lipinski definition) is 2. The van der Waals surface area contributed by atoms with Crippen LogP contribution in [0.3, 0.4) is 0 Å². The highest BCUT2D eigenvalue weighted by molar-refractivity contribution is 7.15. The Hall–Kier alpha value is -2.74. The van der Waals surface area contributed by atoms with Gasteiger partial charge < -0.3 is 15.5 Å². The SMILES string of the molecule is CC(C)CC(=O)N1CCc2nc(NC(=O)CNC(=O)c3ccccc3)sc2C1. The van der Waals surface area contributed by atoms with Crippen molar-refractivity contribution in [2.75, 3.05) is 18.4 Å². The van der Waals surface area contributed by atoms with Crippen molar-refractivity contribution in [2.45, 2.75) is 33.2 Å². The van der Waals surface area contributed by atoms with E-state index >= 15 is 0 Å². The molecule has 0 saturated heterocycles. The Morgan fingerprint density at radius 3 is 2.68 bits per heavy atom. The minimum atomic E-state index is -0.330. The summed E-state index contributed by atoms with van der Waals surface area (Å²) in [7, 11) is 0. The molecule has 7 nitrogen and oxygen atoms in total. The first-order valence-corrected chi connectivity index (χ1v) is 10.1. The molecule has 3 rings (SSSR count). The Morgan fingerprint density at radius 1 is 1.21 bits per heavy atom. The van der Waals surface area contributed by atoms with E-state index in [9.17, 15) is 14.4 Å². The van der Waals surface area contributed by atoms with Crippen LogP contribution in [0, 0.1) is 5.92 Å². The number of rotatable bonds is 6. The van der Waals surface area contributed by atoms with Crippen LogP contribution in [0.2, 0.25) is 0 Å². The molecule has 1 aromatic carbocycles. The van der Waals surface area contributed by atoms with E-state index in [1.165, 1.54) is 11.3 Å². The van der Waals surface area contributed by atoms with E-state index in [1.54, 1.807) is 24.3 Å². The Labute approximate surface area is 168 Å². The van der Waals surface area contributed by atoms with Crippen molar-refractivity contribution in [2.24, 2.45) is 5.92 Å². The van der Waals surface area contributed by atoms with Gasteiger partial charge in [-0.3, -0.25) is 14.4 Å². The van der Waals surface area contributed by atoms with E-state index in [0.717, 1.165) is 10.6 Å². The van der Waals surface area contributed by atoms with Crippen LogP contribution in [0.15, 0.2) is 30.3 Å². The molecule has 0 spiro atoms. The first-order valence-electron chi connectivity index (χ1n) is 9.32. The second-order valence-corrected chi connectivity index (χ2v) is 8.23. The number of carbonyl (C=O) groups excluding carboxylic acids is 3. The van der Waals surface area contributed by atoms with Gasteiger partial charge in [0.2, 0.25) is 11.8 Å². The average Bonchev–Trinajstić information content (AvgIpc) is 3.07. The zero-order valence-corrected chi connectivity index (χ0v) is 16.8. The Balaban J connectivity index is 1.52. The lowest BCUT2D eigenvalue weighted by atomic mass is 10.1. The minimum absolute atomic E-state index is 0.128. The Morgan fingerprint density at radius 2 is 1.96 bits per heavy atom. The summed E-state index contributed by atoms with van der Waals surface area (Å²) in [5.41, 5.74) is 1.44. The number of benzene rings is 1. The van der Waals surface area contributed by atoms with E-state index in [4.69, 9.17) is 0 Å². The predicted octanol–water partition coefficient (Wildman–Crippen LogP) is 2.44. The summed E-state index contributed by atoms with van der Waals surface area (Å²) in [5.74, 6) is -0.142. The van der Waals surface area contributed by atoms with Crippen molar-refractivity contribution in [3.05, 3.63) is 46.5 Å². The van der Waals surface area contributed by atoms with Gasteiger partial charge >= 0.3 is 0 Å². The number of hydrogen-bond acceptors (Lipinski definition) is 5. The third-order valence-electron chi connectivity index (χ3n) is 4.36. The molecule has 148 valence electrons. The van der Waals surface area contributed by atoms with Gasteiger partial charge in [0.15, 0.2) is 5.13 Å². The van der Waals surface area contributed by atoms with Gasteiger partial charge in [0.25, 0.3) is 5.91 Å². The van der Waals surface area contributed by atoms with E-state index in [1.807, 2.05) is 24.8 Å². The number of amides is 3. The predicted molar refractivity (Wildman–Crippen MR) is 108 cm³/mol. The molecular weight excluding hydrogens is 376 g/mol. The number of fused-ring (bicyclic) bond motifs is 1. The molecule has 0 fully saturated rings. The summed E-state index contributed by atoms with van der Waals surface area (Å²) in [6.45, 7) is 5.13. The quantitative estimate of drug-likeness (QED) is 0.779. The highest BCUT2D eigenvalue weighted by Gasteiger charge is 2.24. The lowest BCUT2D eigenvalue weighted by Crippen LogP contribution is -2.36. The zero-order chi connectivity index (χ0) is 20.1. The van der Waals surface area contributed by atoms with Crippen molar-refractivity contribution < 1.29 is 14.4 Å². The second kappa shape index (κ2) is 8.97. The van der Waals surface area contributed by atoms with Gasteiger partial charge in [0.05, 0.1) is 18.8 Å². The summed E-state index contributed by atoms with van der Waals surface area (Å²) in [5, 5.41) is 5.83. The van der Waals surface area contributed by atoms with Crippen LogP contribution in [-0.4, -0.2) is 40.7 Å². The molecule has 1 aliphatic heterocycles. The Kier molecular flexibility index (Phi) is 6.41. The van der Waals surface area contributed by atoms with Crippen molar-refractivity contribution in [3.63, 3.8) is 0 Å². The van der Waals surface area contributed by atoms with Crippen LogP contribution in [-0.2, 0) is 22.6 Å². The fourth-order valence-corrected chi connectivity index (χ4v) is 4.00. The average molecular weight is 401 g/mol. The molecule has 0 unspecified atom stereocenters. The van der Waals surface area contributed by atoms with Crippen LogP contribution >= 0.6 is 11.3 Å². The third kappa shape index (κ3) is 5.16. The molecule has 2 aromatic rings. The number of aromatic nitrogens is 1. The molecule has 0 atom stereocenters. The number of nitrogens with zero attached hydrogens (tertiary/aromatic N) is 2. The van der Waals surface area contributed by atoms with E-state index in [-0.39, 0.29) is 24.3 Å². The van der Waals surface area contributed by atoms with Crippen LogP contribution in [0.25, 0.3) is 0 Å². The summed E-state index contributed by atoms with van der Waals surface area (Å²) in [6.07, 6.45) is 1.23. The lowest BCUT2D eigenvalue weighted by Gasteiger charge is -2.26. The zero-order valence-electron chi connectivity index (χ0n) is 16.0. The topological polar surface area (TPSA) is 91.4 Å². The second-order valence-electron chi connectivity index (χ2n) is 7.15. The molecule has 1 aromatic heterocycles. The minimum Gasteiger partial charge on any atom is -0.343 e. The molecule has 8 heteroatoms. The maximum atomic E-state index is 12.3. The lowest BCUT2D eigenvalue weighted by molar-refractivity contribution is -0.132. The fraction of sp³-hybridized carbons (Fsp3) is 0.400. The third-order valence-corrected chi connectivity index (χ3v) is 5.36. The molecule has 1 aliphatic rings. The highest BCUT2D eigenvalue weighted by Crippen LogP contribution is 2.28. The molecule has 0 saturated carbocycles. The number of thiazole rings is 1. The van der Waals surface area contributed by atoms with Crippen molar-refractivity contribution >= 4 is 34.2 Å². The molecule has 3 amide bonds. The van der Waals surface area contributed by atoms with E-state index in [2.05, 4.69) is 15.6 Å². The van der Waals surface area contributed by atoms with Crippen LogP contribution in [0.5, 0.6) is 0 Å². The smallest absolute Gasteiger partial charge is 0.251 e. The van der Waals surface area contributed by atoms with E-state index in [0.29, 0.717) is 42.5 Å². The standard InChI is InChI=1S/C20H24N4O3S/c1-13(2)10-18(26)24-9-8-15-16(12-24)28-20(22-15)23-17(25)11-21-19(27)14-6-4-3-5-7-14/h3-7,13H,8-12H2,1-2H3,(H,21,27)(H,22,23,25). The maximum absolute atomic E-state index is 12.3. The fourth-order valence-electron chi connectivity index (χ4n) is 2.96. The molecule has 0 radical (unpaired) electrons. The normalized spacial score (nSPS) is 13.2. The molecule has 2 N–H and O–H groups in total. The van der Waals surface area contributed by atoms with Gasteiger partial charge in [-0.2, -0.15) is 0 Å². The van der Waals surface area contributed by atoms with Gasteiger partial charge in [-0.1, -0.05) is 43.4 Å². The molecule has 0 bridgehead atoms. The van der Waals surface area contributed by atoms with Crippen molar-refractivity contribution in [1.82, 2.24) is 15.2 Å². The number of carbonyl (C=O) groups is 3. The molecule has 28 heavy (non-hydrogen) atoms. The van der Waals surface area contributed by atoms with Crippen LogP contribution < -0.4 is 10.6 Å². The molecular formula is C20H24N4O3S. The number of nitrogens with one attached hydrogen (secondary N) is 2. The number of anilines is 1. The van der Waals surface area contributed by atoms with Gasteiger partial charge in [0, 0.05) is 29.8 Å². The van der Waals surface area contributed by atoms with E-state index < -0.39 is 0 Å². The van der Waals surface area contributed by atoms with Gasteiger partial charge in [0.1, 0.15) is 0 Å². The molecule has 2 heterocycles. The summed E-state index contributed by atoms with van der Waals surface area (Å²) in [4.78, 5) is 43.7. The Bertz CT molecular complexity index is 864. The first-order chi connectivity index (χ1) is 13.4. The van der Waals surface area contributed by atoms with Gasteiger partial charge in [-0.15, -0.1) is 0 Å². The monoisotopic (exact) mass is 400 g/mol. The van der Waals surface area contributed by atoms with Gasteiger partial charge in [-0.25, -0.2) is 4.98 Å². The van der Waals surface area contributed by atoms with Gasteiger partial charge in [-0.05, 0) is 18.1 Å². The maximum Gasteiger partial charge on any atom is 0.251 e. The van der Waals surface area contributed by atoms with Crippen LogP contribution in [0.1, 0.15) is 41.2 Å². The first kappa shape index (κ1) is 20.0. The molecule has 0 aliphatic carbocycles. The summed E-state index contributed by atoms with van der Waals surface area (Å²) in [6, 6.07) is 8.74. The van der Waals surface area contributed by atoms with Crippen molar-refractivity contribution in [3.8, 4) is 0 Å². The van der Waals surface area contributed by atoms with Crippen LogP contribution in [0.4, 0.5) is 5.13 Å². The highest BCUT2D eigenvalue weighted by atomic mass is 32.1. The summed E-state index contributed by atoms with van der Waals surface area (Å²) >= 11 is 1.38. The van der Waals surface area contributed by atoms with Crippen molar-refractivity contribution in [1.29, 1.82) is 0 Å².